The Kier molecular flexibility index (Phi) is 3.23. The van der Waals surface area contributed by atoms with E-state index in [1.54, 1.807) is 6.92 Å². The van der Waals surface area contributed by atoms with Gasteiger partial charge < -0.3 is 4.74 Å². The van der Waals surface area contributed by atoms with Gasteiger partial charge in [0, 0.05) is 17.3 Å². The molecule has 6 heteroatoms. The fourth-order valence-electron chi connectivity index (χ4n) is 0.901. The Morgan fingerprint density at radius 2 is 1.93 bits per heavy atom. The Bertz CT molecular complexity index is 351. The van der Waals surface area contributed by atoms with Crippen LogP contribution in [0.4, 0.5) is 13.2 Å². The quantitative estimate of drug-likeness (QED) is 0.586. The second-order valence-corrected chi connectivity index (χ2v) is 3.75. The molecule has 0 aliphatic carbocycles. The zero-order chi connectivity index (χ0) is 10.9. The molecule has 1 aromatic rings. The zero-order valence-electron chi connectivity index (χ0n) is 7.44. The molecule has 0 N–H and O–H groups in total. The first kappa shape index (κ1) is 11.5. The highest BCUT2D eigenvalue weighted by Gasteiger charge is 2.32. The lowest BCUT2D eigenvalue weighted by atomic mass is 10.2. The molecule has 0 amide bonds. The summed E-state index contributed by atoms with van der Waals surface area (Å²) in [7, 11) is 0. The van der Waals surface area contributed by atoms with Gasteiger partial charge in [0.1, 0.15) is 9.45 Å². The molecular formula is C8H7F3INO. The van der Waals surface area contributed by atoms with E-state index in [1.165, 1.54) is 13.0 Å². The van der Waals surface area contributed by atoms with E-state index in [0.717, 1.165) is 0 Å². The lowest BCUT2D eigenvalue weighted by molar-refractivity contribution is -0.274. The van der Waals surface area contributed by atoms with E-state index in [9.17, 15) is 13.2 Å². The van der Waals surface area contributed by atoms with Crippen LogP contribution in [-0.4, -0.2) is 11.3 Å². The molecule has 1 heterocycles. The molecule has 0 aliphatic rings. The van der Waals surface area contributed by atoms with E-state index in [-0.39, 0.29) is 5.75 Å². The number of hydrogen-bond acceptors (Lipinski definition) is 2. The van der Waals surface area contributed by atoms with Crippen LogP contribution >= 0.6 is 22.6 Å². The van der Waals surface area contributed by atoms with Crippen molar-refractivity contribution in [1.82, 2.24) is 4.98 Å². The average Bonchev–Trinajstić information content (AvgIpc) is 1.96. The van der Waals surface area contributed by atoms with Gasteiger partial charge in [0.25, 0.3) is 0 Å². The molecule has 1 aromatic heterocycles. The van der Waals surface area contributed by atoms with E-state index in [2.05, 4.69) is 9.72 Å². The van der Waals surface area contributed by atoms with Crippen molar-refractivity contribution in [2.45, 2.75) is 20.2 Å². The predicted molar refractivity (Wildman–Crippen MR) is 53.1 cm³/mol. The summed E-state index contributed by atoms with van der Waals surface area (Å²) in [4.78, 5) is 4.00. The Hall–Kier alpha value is -0.530. The van der Waals surface area contributed by atoms with Gasteiger partial charge in [-0.15, -0.1) is 13.2 Å². The average molecular weight is 317 g/mol. The normalized spacial score (nSPS) is 11.6. The fraction of sp³-hybridized carbons (Fsp3) is 0.375. The first-order chi connectivity index (χ1) is 6.29. The number of nitrogens with zero attached hydrogens (tertiary/aromatic N) is 1. The highest BCUT2D eigenvalue weighted by molar-refractivity contribution is 14.1. The second kappa shape index (κ2) is 3.92. The number of pyridine rings is 1. The van der Waals surface area contributed by atoms with Crippen molar-refractivity contribution in [1.29, 1.82) is 0 Å². The number of aromatic nitrogens is 1. The maximum absolute atomic E-state index is 11.9. The minimum absolute atomic E-state index is 0.186. The van der Waals surface area contributed by atoms with Crippen molar-refractivity contribution in [2.75, 3.05) is 0 Å². The second-order valence-electron chi connectivity index (χ2n) is 2.73. The molecule has 0 saturated heterocycles. The van der Waals surface area contributed by atoms with Gasteiger partial charge in [-0.1, -0.05) is 0 Å². The van der Waals surface area contributed by atoms with Crippen molar-refractivity contribution < 1.29 is 17.9 Å². The molecule has 2 nitrogen and oxygen atoms in total. The first-order valence-corrected chi connectivity index (χ1v) is 4.77. The number of halogens is 4. The van der Waals surface area contributed by atoms with Gasteiger partial charge >= 0.3 is 6.36 Å². The van der Waals surface area contributed by atoms with Crippen LogP contribution in [-0.2, 0) is 0 Å². The number of alkyl halides is 3. The van der Waals surface area contributed by atoms with Crippen LogP contribution in [0.3, 0.4) is 0 Å². The lowest BCUT2D eigenvalue weighted by Crippen LogP contribution is -2.18. The summed E-state index contributed by atoms with van der Waals surface area (Å²) in [6, 6.07) is 1.27. The Balaban J connectivity index is 3.09. The highest BCUT2D eigenvalue weighted by atomic mass is 127. The maximum atomic E-state index is 11.9. The molecule has 1 rings (SSSR count). The minimum atomic E-state index is -4.65. The minimum Gasteiger partial charge on any atom is -0.405 e. The van der Waals surface area contributed by atoms with Crippen LogP contribution < -0.4 is 4.74 Å². The van der Waals surface area contributed by atoms with Gasteiger partial charge in [0.15, 0.2) is 0 Å². The van der Waals surface area contributed by atoms with E-state index in [4.69, 9.17) is 0 Å². The van der Waals surface area contributed by atoms with Gasteiger partial charge in [0.2, 0.25) is 0 Å². The smallest absolute Gasteiger partial charge is 0.405 e. The van der Waals surface area contributed by atoms with Gasteiger partial charge in [-0.05, 0) is 36.4 Å². The van der Waals surface area contributed by atoms with E-state index in [1.807, 2.05) is 22.6 Å². The molecule has 0 saturated carbocycles. The third-order valence-electron chi connectivity index (χ3n) is 1.52. The monoisotopic (exact) mass is 317 g/mol. The molecule has 0 spiro atoms. The number of ether oxygens (including phenoxy) is 1. The fourth-order valence-corrected chi connectivity index (χ4v) is 1.55. The summed E-state index contributed by atoms with van der Waals surface area (Å²) in [6.45, 7) is 3.15. The number of aryl methyl sites for hydroxylation is 1. The molecule has 0 aromatic carbocycles. The van der Waals surface area contributed by atoms with E-state index < -0.39 is 6.36 Å². The van der Waals surface area contributed by atoms with Crippen molar-refractivity contribution in [3.05, 3.63) is 21.0 Å². The molecule has 0 fully saturated rings. The summed E-state index contributed by atoms with van der Waals surface area (Å²) >= 11 is 1.87. The van der Waals surface area contributed by atoms with E-state index in [0.29, 0.717) is 15.0 Å². The van der Waals surface area contributed by atoms with Crippen LogP contribution in [0, 0.1) is 17.5 Å². The van der Waals surface area contributed by atoms with E-state index >= 15 is 0 Å². The zero-order valence-corrected chi connectivity index (χ0v) is 9.60. The van der Waals surface area contributed by atoms with Crippen molar-refractivity contribution in [3.8, 4) is 5.75 Å². The molecule has 78 valence electrons. The lowest BCUT2D eigenvalue weighted by Gasteiger charge is -2.12. The van der Waals surface area contributed by atoms with Crippen LogP contribution in [0.5, 0.6) is 5.75 Å². The van der Waals surface area contributed by atoms with Crippen LogP contribution in [0.25, 0.3) is 0 Å². The summed E-state index contributed by atoms with van der Waals surface area (Å²) in [5, 5.41) is 0. The summed E-state index contributed by atoms with van der Waals surface area (Å²) in [6.07, 6.45) is -4.65. The largest absolute Gasteiger partial charge is 0.573 e. The van der Waals surface area contributed by atoms with Crippen LogP contribution in [0.15, 0.2) is 6.07 Å². The summed E-state index contributed by atoms with van der Waals surface area (Å²) in [5.74, 6) is -0.186. The molecule has 0 bridgehead atoms. The highest BCUT2D eigenvalue weighted by Crippen LogP contribution is 2.28. The Morgan fingerprint density at radius 1 is 1.36 bits per heavy atom. The summed E-state index contributed by atoms with van der Waals surface area (Å²) in [5.41, 5.74) is 0.896. The van der Waals surface area contributed by atoms with Gasteiger partial charge in [0.05, 0.1) is 0 Å². The number of hydrogen-bond donors (Lipinski definition) is 0. The van der Waals surface area contributed by atoms with Crippen LogP contribution in [0.1, 0.15) is 11.3 Å². The van der Waals surface area contributed by atoms with Crippen molar-refractivity contribution in [3.63, 3.8) is 0 Å². The van der Waals surface area contributed by atoms with Crippen molar-refractivity contribution in [2.24, 2.45) is 0 Å². The number of rotatable bonds is 1. The standard InChI is InChI=1S/C8H7F3INO/c1-4-3-6(14-8(9,10)11)5(2)7(12)13-4/h3H,1-2H3. The maximum Gasteiger partial charge on any atom is 0.573 e. The molecule has 0 atom stereocenters. The Morgan fingerprint density at radius 3 is 2.43 bits per heavy atom. The molecule has 0 radical (unpaired) electrons. The molecule has 0 aliphatic heterocycles. The SMILES string of the molecule is Cc1cc(OC(F)(F)F)c(C)c(I)n1. The predicted octanol–water partition coefficient (Wildman–Crippen LogP) is 3.20. The third-order valence-corrected chi connectivity index (χ3v) is 2.57. The topological polar surface area (TPSA) is 22.1 Å². The third kappa shape index (κ3) is 3.00. The first-order valence-electron chi connectivity index (χ1n) is 3.69. The molecule has 14 heavy (non-hydrogen) atoms. The molecular weight excluding hydrogens is 310 g/mol. The van der Waals surface area contributed by atoms with Gasteiger partial charge in [-0.3, -0.25) is 0 Å². The van der Waals surface area contributed by atoms with Crippen LogP contribution in [0.2, 0.25) is 0 Å². The summed E-state index contributed by atoms with van der Waals surface area (Å²) < 4.78 is 40.2. The Labute approximate surface area is 92.6 Å². The van der Waals surface area contributed by atoms with Crippen molar-refractivity contribution >= 4 is 22.6 Å². The van der Waals surface area contributed by atoms with Gasteiger partial charge in [-0.25, -0.2) is 4.98 Å². The van der Waals surface area contributed by atoms with Gasteiger partial charge in [-0.2, -0.15) is 0 Å². The molecule has 0 unspecified atom stereocenters.